The first-order chi connectivity index (χ1) is 9.50. The highest BCUT2D eigenvalue weighted by atomic mass is 19.3. The number of hydrogen-bond donors (Lipinski definition) is 2. The van der Waals surface area contributed by atoms with E-state index in [1.54, 1.807) is 12.1 Å². The molecular formula is C15H19F2NO2. The van der Waals surface area contributed by atoms with Gasteiger partial charge >= 0.3 is 0 Å². The smallest absolute Gasteiger partial charge is 0.248 e. The van der Waals surface area contributed by atoms with Crippen molar-refractivity contribution in [3.05, 3.63) is 35.4 Å². The first-order valence-electron chi connectivity index (χ1n) is 6.84. The van der Waals surface area contributed by atoms with Crippen molar-refractivity contribution in [2.75, 3.05) is 0 Å². The molecule has 0 radical (unpaired) electrons. The summed E-state index contributed by atoms with van der Waals surface area (Å²) in [6.45, 7) is 0.375. The molecule has 20 heavy (non-hydrogen) atoms. The molecule has 0 spiro atoms. The first-order valence-corrected chi connectivity index (χ1v) is 6.84. The quantitative estimate of drug-likeness (QED) is 0.892. The standard InChI is InChI=1S/C15H19F2NO2/c16-15(17)7-5-13(6-8-15)14(20)18-9-11-1-3-12(10-19)4-2-11/h1-4,13,19H,5-10H2,(H,18,20). The fraction of sp³-hybridized carbons (Fsp3) is 0.533. The number of carbonyl (C=O) groups is 1. The van der Waals surface area contributed by atoms with Gasteiger partial charge in [0.25, 0.3) is 0 Å². The molecule has 0 aromatic heterocycles. The van der Waals surface area contributed by atoms with E-state index in [0.29, 0.717) is 6.54 Å². The second-order valence-corrected chi connectivity index (χ2v) is 5.32. The van der Waals surface area contributed by atoms with Crippen molar-refractivity contribution in [2.45, 2.75) is 44.8 Å². The van der Waals surface area contributed by atoms with Gasteiger partial charge in [0.1, 0.15) is 0 Å². The average Bonchev–Trinajstić information content (AvgIpc) is 2.45. The molecule has 2 rings (SSSR count). The van der Waals surface area contributed by atoms with Crippen LogP contribution in [0.3, 0.4) is 0 Å². The van der Waals surface area contributed by atoms with Gasteiger partial charge in [0.15, 0.2) is 0 Å². The fourth-order valence-corrected chi connectivity index (χ4v) is 2.40. The van der Waals surface area contributed by atoms with E-state index in [2.05, 4.69) is 5.32 Å². The second kappa shape index (κ2) is 6.31. The summed E-state index contributed by atoms with van der Waals surface area (Å²) in [6, 6.07) is 7.26. The van der Waals surface area contributed by atoms with Gasteiger partial charge in [-0.25, -0.2) is 8.78 Å². The molecule has 0 unspecified atom stereocenters. The highest BCUT2D eigenvalue weighted by Crippen LogP contribution is 2.36. The molecule has 0 heterocycles. The molecule has 0 atom stereocenters. The minimum atomic E-state index is -2.60. The van der Waals surface area contributed by atoms with E-state index in [1.807, 2.05) is 12.1 Å². The lowest BCUT2D eigenvalue weighted by Gasteiger charge is -2.27. The van der Waals surface area contributed by atoms with Crippen molar-refractivity contribution in [2.24, 2.45) is 5.92 Å². The monoisotopic (exact) mass is 283 g/mol. The summed E-state index contributed by atoms with van der Waals surface area (Å²) in [5.74, 6) is -3.05. The molecule has 5 heteroatoms. The van der Waals surface area contributed by atoms with Crippen molar-refractivity contribution in [3.63, 3.8) is 0 Å². The third-order valence-electron chi connectivity index (χ3n) is 3.76. The molecule has 0 aliphatic heterocycles. The number of amides is 1. The Kier molecular flexibility index (Phi) is 4.70. The Morgan fingerprint density at radius 3 is 2.30 bits per heavy atom. The highest BCUT2D eigenvalue weighted by Gasteiger charge is 2.37. The van der Waals surface area contributed by atoms with Crippen LogP contribution in [-0.2, 0) is 17.9 Å². The van der Waals surface area contributed by atoms with Gasteiger partial charge in [-0.3, -0.25) is 4.79 Å². The molecule has 0 saturated heterocycles. The van der Waals surface area contributed by atoms with Crippen LogP contribution in [0.15, 0.2) is 24.3 Å². The maximum Gasteiger partial charge on any atom is 0.248 e. The van der Waals surface area contributed by atoms with E-state index in [0.717, 1.165) is 11.1 Å². The van der Waals surface area contributed by atoms with E-state index < -0.39 is 5.92 Å². The summed E-state index contributed by atoms with van der Waals surface area (Å²) in [7, 11) is 0. The summed E-state index contributed by atoms with van der Waals surface area (Å²) in [6.07, 6.45) is 0.108. The second-order valence-electron chi connectivity index (χ2n) is 5.32. The zero-order chi connectivity index (χ0) is 14.6. The minimum Gasteiger partial charge on any atom is -0.392 e. The van der Waals surface area contributed by atoms with Crippen molar-refractivity contribution >= 4 is 5.91 Å². The molecule has 2 N–H and O–H groups in total. The van der Waals surface area contributed by atoms with E-state index in [1.165, 1.54) is 0 Å². The van der Waals surface area contributed by atoms with Crippen LogP contribution in [0.4, 0.5) is 8.78 Å². The maximum absolute atomic E-state index is 13.0. The molecule has 1 aliphatic rings. The number of aliphatic hydroxyl groups is 1. The minimum absolute atomic E-state index is 0.0110. The Morgan fingerprint density at radius 1 is 1.20 bits per heavy atom. The van der Waals surface area contributed by atoms with Gasteiger partial charge in [0, 0.05) is 25.3 Å². The number of nitrogens with one attached hydrogen (secondary N) is 1. The predicted octanol–water partition coefficient (Wildman–Crippen LogP) is 2.62. The van der Waals surface area contributed by atoms with Gasteiger partial charge in [0.05, 0.1) is 6.61 Å². The Bertz CT molecular complexity index is 449. The Hall–Kier alpha value is -1.49. The number of rotatable bonds is 4. The Labute approximate surface area is 117 Å². The maximum atomic E-state index is 13.0. The number of aliphatic hydroxyl groups excluding tert-OH is 1. The normalized spacial score (nSPS) is 18.8. The van der Waals surface area contributed by atoms with Crippen LogP contribution in [0.2, 0.25) is 0 Å². The van der Waals surface area contributed by atoms with Crippen LogP contribution in [0.5, 0.6) is 0 Å². The fourth-order valence-electron chi connectivity index (χ4n) is 2.40. The lowest BCUT2D eigenvalue weighted by atomic mass is 9.86. The van der Waals surface area contributed by atoms with Gasteiger partial charge in [-0.05, 0) is 24.0 Å². The van der Waals surface area contributed by atoms with Gasteiger partial charge in [-0.15, -0.1) is 0 Å². The molecular weight excluding hydrogens is 264 g/mol. The molecule has 1 aromatic carbocycles. The van der Waals surface area contributed by atoms with Crippen LogP contribution < -0.4 is 5.32 Å². The first kappa shape index (κ1) is 14.9. The van der Waals surface area contributed by atoms with Crippen LogP contribution in [0.1, 0.15) is 36.8 Å². The Balaban J connectivity index is 1.80. The number of benzene rings is 1. The van der Waals surface area contributed by atoms with Crippen LogP contribution in [-0.4, -0.2) is 16.9 Å². The molecule has 3 nitrogen and oxygen atoms in total. The molecule has 110 valence electrons. The largest absolute Gasteiger partial charge is 0.392 e. The summed E-state index contributed by atoms with van der Waals surface area (Å²) < 4.78 is 26.0. The number of carbonyl (C=O) groups excluding carboxylic acids is 1. The van der Waals surface area contributed by atoms with Crippen molar-refractivity contribution < 1.29 is 18.7 Å². The average molecular weight is 283 g/mol. The third kappa shape index (κ3) is 4.00. The van der Waals surface area contributed by atoms with E-state index in [-0.39, 0.29) is 44.1 Å². The summed E-state index contributed by atoms with van der Waals surface area (Å²) in [5, 5.41) is 11.7. The molecule has 1 saturated carbocycles. The highest BCUT2D eigenvalue weighted by molar-refractivity contribution is 5.78. The van der Waals surface area contributed by atoms with Crippen molar-refractivity contribution in [3.8, 4) is 0 Å². The topological polar surface area (TPSA) is 49.3 Å². The van der Waals surface area contributed by atoms with Crippen LogP contribution in [0.25, 0.3) is 0 Å². The van der Waals surface area contributed by atoms with Crippen molar-refractivity contribution in [1.82, 2.24) is 5.32 Å². The summed E-state index contributed by atoms with van der Waals surface area (Å²) >= 11 is 0. The third-order valence-corrected chi connectivity index (χ3v) is 3.76. The molecule has 1 fully saturated rings. The van der Waals surface area contributed by atoms with E-state index in [9.17, 15) is 13.6 Å². The van der Waals surface area contributed by atoms with Gasteiger partial charge in [-0.1, -0.05) is 24.3 Å². The number of halogens is 2. The number of hydrogen-bond acceptors (Lipinski definition) is 2. The van der Waals surface area contributed by atoms with Crippen LogP contribution in [0, 0.1) is 5.92 Å². The zero-order valence-corrected chi connectivity index (χ0v) is 11.2. The van der Waals surface area contributed by atoms with Gasteiger partial charge in [-0.2, -0.15) is 0 Å². The van der Waals surface area contributed by atoms with Crippen LogP contribution >= 0.6 is 0 Å². The number of alkyl halides is 2. The SMILES string of the molecule is O=C(NCc1ccc(CO)cc1)C1CCC(F)(F)CC1. The predicted molar refractivity (Wildman–Crippen MR) is 71.1 cm³/mol. The molecule has 1 aliphatic carbocycles. The summed E-state index contributed by atoms with van der Waals surface area (Å²) in [5.41, 5.74) is 1.74. The molecule has 1 aromatic rings. The van der Waals surface area contributed by atoms with Crippen molar-refractivity contribution in [1.29, 1.82) is 0 Å². The van der Waals surface area contributed by atoms with Gasteiger partial charge in [0.2, 0.25) is 11.8 Å². The lowest BCUT2D eigenvalue weighted by Crippen LogP contribution is -2.35. The van der Waals surface area contributed by atoms with E-state index >= 15 is 0 Å². The zero-order valence-electron chi connectivity index (χ0n) is 11.2. The Morgan fingerprint density at radius 2 is 1.75 bits per heavy atom. The van der Waals surface area contributed by atoms with E-state index in [4.69, 9.17) is 5.11 Å². The summed E-state index contributed by atoms with van der Waals surface area (Å²) in [4.78, 5) is 11.9. The lowest BCUT2D eigenvalue weighted by molar-refractivity contribution is -0.129. The molecule has 0 bridgehead atoms. The van der Waals surface area contributed by atoms with Gasteiger partial charge < -0.3 is 10.4 Å². The molecule has 1 amide bonds.